The van der Waals surface area contributed by atoms with Crippen molar-refractivity contribution in [1.82, 2.24) is 0 Å². The summed E-state index contributed by atoms with van der Waals surface area (Å²) < 4.78 is 7.02. The number of anilines is 3. The maximum atomic E-state index is 7.02. The van der Waals surface area contributed by atoms with E-state index in [9.17, 15) is 0 Å². The summed E-state index contributed by atoms with van der Waals surface area (Å²) in [7, 11) is 0. The van der Waals surface area contributed by atoms with Crippen molar-refractivity contribution < 1.29 is 4.42 Å². The monoisotopic (exact) mass is 789 g/mol. The van der Waals surface area contributed by atoms with Crippen LogP contribution in [-0.2, 0) is 0 Å². The van der Waals surface area contributed by atoms with Crippen LogP contribution in [0.3, 0.4) is 0 Å². The highest BCUT2D eigenvalue weighted by Gasteiger charge is 2.25. The second kappa shape index (κ2) is 14.8. The van der Waals surface area contributed by atoms with Gasteiger partial charge in [0.1, 0.15) is 11.2 Å². The van der Waals surface area contributed by atoms with Gasteiger partial charge < -0.3 is 9.32 Å². The van der Waals surface area contributed by atoms with Crippen molar-refractivity contribution in [3.63, 3.8) is 0 Å². The highest BCUT2D eigenvalue weighted by molar-refractivity contribution is 6.21. The van der Waals surface area contributed by atoms with Crippen LogP contribution in [0, 0.1) is 0 Å². The van der Waals surface area contributed by atoms with E-state index >= 15 is 0 Å². The third-order valence-electron chi connectivity index (χ3n) is 12.4. The highest BCUT2D eigenvalue weighted by atomic mass is 16.3. The number of hydrogen-bond donors (Lipinski definition) is 0. The molecule has 0 aliphatic carbocycles. The summed E-state index contributed by atoms with van der Waals surface area (Å²) in [5.74, 6) is 0. The van der Waals surface area contributed by atoms with E-state index in [1.807, 2.05) is 0 Å². The van der Waals surface area contributed by atoms with Crippen molar-refractivity contribution in [3.05, 3.63) is 237 Å². The van der Waals surface area contributed by atoms with Gasteiger partial charge in [-0.05, 0) is 120 Å². The molecule has 0 aliphatic rings. The smallest absolute Gasteiger partial charge is 0.145 e. The van der Waals surface area contributed by atoms with Crippen molar-refractivity contribution >= 4 is 71.3 Å². The van der Waals surface area contributed by atoms with Crippen LogP contribution in [0.25, 0.3) is 98.8 Å². The first-order valence-electron chi connectivity index (χ1n) is 21.2. The topological polar surface area (TPSA) is 16.4 Å². The molecule has 0 aliphatic heterocycles. The van der Waals surface area contributed by atoms with Gasteiger partial charge in [-0.3, -0.25) is 0 Å². The number of nitrogens with zero attached hydrogens (tertiary/aromatic N) is 1. The van der Waals surface area contributed by atoms with Crippen LogP contribution in [0.4, 0.5) is 17.1 Å². The fourth-order valence-electron chi connectivity index (χ4n) is 9.48. The number of hydrogen-bond acceptors (Lipinski definition) is 2. The lowest BCUT2D eigenvalue weighted by Gasteiger charge is -2.29. The standard InChI is InChI=1S/C60H39NO/c1-2-15-40(16-3-1)44-20-14-21-45(37-44)42-31-33-48(34-32-42)61(56-27-12-10-23-50(56)47-30-29-41-17-4-5-18-43(41)38-47)57-36-35-53(60-59(57)54-26-11-13-28-58(54)62-60)55-39-46-19-6-7-22-49(46)51-24-8-9-25-52(51)55/h1-39H. The molecule has 1 heterocycles. The average molecular weight is 790 g/mol. The SMILES string of the molecule is c1ccc(-c2cccc(-c3ccc(N(c4ccccc4-c4ccc5ccccc5c4)c4ccc(-c5cc6ccccc6c6ccccc56)c5oc6ccccc6c45)cc3)c2)cc1. The van der Waals surface area contributed by atoms with Crippen LogP contribution in [0.2, 0.25) is 0 Å². The van der Waals surface area contributed by atoms with Crippen LogP contribution < -0.4 is 4.90 Å². The van der Waals surface area contributed by atoms with Crippen molar-refractivity contribution in [3.8, 4) is 44.5 Å². The molecule has 0 amide bonds. The van der Waals surface area contributed by atoms with Crippen molar-refractivity contribution in [1.29, 1.82) is 0 Å². The molecule has 0 saturated carbocycles. The molecule has 0 saturated heterocycles. The van der Waals surface area contributed by atoms with Crippen LogP contribution in [-0.4, -0.2) is 0 Å². The molecule has 0 fully saturated rings. The summed E-state index contributed by atoms with van der Waals surface area (Å²) in [6.45, 7) is 0. The molecule has 0 radical (unpaired) electrons. The average Bonchev–Trinajstić information content (AvgIpc) is 3.75. The Bertz CT molecular complexity index is 3640. The summed E-state index contributed by atoms with van der Waals surface area (Å²) >= 11 is 0. The molecule has 2 nitrogen and oxygen atoms in total. The zero-order valence-electron chi connectivity index (χ0n) is 33.9. The number of rotatable bonds is 7. The maximum Gasteiger partial charge on any atom is 0.145 e. The summed E-state index contributed by atoms with van der Waals surface area (Å²) in [6.07, 6.45) is 0. The van der Waals surface area contributed by atoms with Crippen LogP contribution in [0.1, 0.15) is 0 Å². The van der Waals surface area contributed by atoms with E-state index in [1.165, 1.54) is 49.0 Å². The van der Waals surface area contributed by atoms with Gasteiger partial charge in [0.05, 0.1) is 16.8 Å². The maximum absolute atomic E-state index is 7.02. The van der Waals surface area contributed by atoms with Crippen molar-refractivity contribution in [2.75, 3.05) is 4.90 Å². The first kappa shape index (κ1) is 35.7. The number of fused-ring (bicyclic) bond motifs is 7. The second-order valence-corrected chi connectivity index (χ2v) is 16.0. The number of benzene rings is 11. The van der Waals surface area contributed by atoms with Gasteiger partial charge in [0.2, 0.25) is 0 Å². The summed E-state index contributed by atoms with van der Waals surface area (Å²) in [5, 5.41) is 9.46. The molecule has 62 heavy (non-hydrogen) atoms. The molecule has 0 atom stereocenters. The minimum Gasteiger partial charge on any atom is -0.455 e. The first-order valence-corrected chi connectivity index (χ1v) is 21.2. The normalized spacial score (nSPS) is 11.5. The fourth-order valence-corrected chi connectivity index (χ4v) is 9.48. The van der Waals surface area contributed by atoms with Gasteiger partial charge in [-0.15, -0.1) is 0 Å². The molecule has 11 aromatic carbocycles. The van der Waals surface area contributed by atoms with Gasteiger partial charge in [0, 0.05) is 22.2 Å². The first-order chi connectivity index (χ1) is 30.7. The predicted octanol–water partition coefficient (Wildman–Crippen LogP) is 17.2. The van der Waals surface area contributed by atoms with Crippen molar-refractivity contribution in [2.45, 2.75) is 0 Å². The zero-order valence-corrected chi connectivity index (χ0v) is 33.9. The van der Waals surface area contributed by atoms with Crippen LogP contribution >= 0.6 is 0 Å². The van der Waals surface area contributed by atoms with Gasteiger partial charge in [-0.2, -0.15) is 0 Å². The van der Waals surface area contributed by atoms with Crippen molar-refractivity contribution in [2.24, 2.45) is 0 Å². The lowest BCUT2D eigenvalue weighted by molar-refractivity contribution is 0.670. The minimum absolute atomic E-state index is 0.859. The minimum atomic E-state index is 0.859. The summed E-state index contributed by atoms with van der Waals surface area (Å²) in [6, 6.07) is 85.4. The molecule has 12 rings (SSSR count). The summed E-state index contributed by atoms with van der Waals surface area (Å²) in [5.41, 5.74) is 14.2. The van der Waals surface area contributed by atoms with E-state index in [4.69, 9.17) is 4.42 Å². The molecular weight excluding hydrogens is 751 g/mol. The Balaban J connectivity index is 1.10. The van der Waals surface area contributed by atoms with Gasteiger partial charge >= 0.3 is 0 Å². The summed E-state index contributed by atoms with van der Waals surface area (Å²) in [4.78, 5) is 2.43. The Kier molecular flexibility index (Phi) is 8.53. The largest absolute Gasteiger partial charge is 0.455 e. The molecular formula is C60H39NO. The molecule has 1 aromatic heterocycles. The molecule has 12 aromatic rings. The van der Waals surface area contributed by atoms with Gasteiger partial charge in [0.15, 0.2) is 0 Å². The van der Waals surface area contributed by atoms with Gasteiger partial charge in [0.25, 0.3) is 0 Å². The lowest BCUT2D eigenvalue weighted by atomic mass is 9.91. The Morgan fingerprint density at radius 1 is 0.290 bits per heavy atom. The lowest BCUT2D eigenvalue weighted by Crippen LogP contribution is -2.11. The van der Waals surface area contributed by atoms with E-state index in [0.717, 1.165) is 66.8 Å². The zero-order chi connectivity index (χ0) is 41.0. The second-order valence-electron chi connectivity index (χ2n) is 16.0. The van der Waals surface area contributed by atoms with E-state index in [0.29, 0.717) is 0 Å². The molecule has 0 N–H and O–H groups in total. The Morgan fingerprint density at radius 2 is 0.903 bits per heavy atom. The number of furan rings is 1. The molecule has 0 spiro atoms. The molecule has 0 bridgehead atoms. The third-order valence-corrected chi connectivity index (χ3v) is 12.4. The van der Waals surface area contributed by atoms with Crippen LogP contribution in [0.15, 0.2) is 241 Å². The predicted molar refractivity (Wildman–Crippen MR) is 263 cm³/mol. The molecule has 0 unspecified atom stereocenters. The van der Waals surface area contributed by atoms with Crippen LogP contribution in [0.5, 0.6) is 0 Å². The number of para-hydroxylation sites is 2. The highest BCUT2D eigenvalue weighted by Crippen LogP contribution is 2.49. The molecule has 290 valence electrons. The van der Waals surface area contributed by atoms with E-state index in [2.05, 4.69) is 241 Å². The Labute approximate surface area is 360 Å². The molecule has 2 heteroatoms. The Hall–Kier alpha value is -8.20. The fraction of sp³-hybridized carbons (Fsp3) is 0. The quantitative estimate of drug-likeness (QED) is 0.150. The Morgan fingerprint density at radius 3 is 1.73 bits per heavy atom. The van der Waals surface area contributed by atoms with E-state index < -0.39 is 0 Å². The van der Waals surface area contributed by atoms with E-state index in [-0.39, 0.29) is 0 Å². The van der Waals surface area contributed by atoms with E-state index in [1.54, 1.807) is 0 Å². The van der Waals surface area contributed by atoms with Gasteiger partial charge in [-0.1, -0.05) is 182 Å². The third kappa shape index (κ3) is 6.04. The van der Waals surface area contributed by atoms with Gasteiger partial charge in [-0.25, -0.2) is 0 Å².